The van der Waals surface area contributed by atoms with Gasteiger partial charge in [0.15, 0.2) is 0 Å². The minimum atomic E-state index is -4.76. The van der Waals surface area contributed by atoms with Crippen LogP contribution in [0.25, 0.3) is 0 Å². The summed E-state index contributed by atoms with van der Waals surface area (Å²) < 4.78 is 98.4. The Morgan fingerprint density at radius 3 is 2.10 bits per heavy atom. The third-order valence-corrected chi connectivity index (χ3v) is 9.45. The van der Waals surface area contributed by atoms with Gasteiger partial charge < -0.3 is 10.1 Å². The first kappa shape index (κ1) is 29.8. The minimum absolute atomic E-state index is 0.216. The van der Waals surface area contributed by atoms with Gasteiger partial charge in [0.1, 0.15) is 0 Å². The zero-order chi connectivity index (χ0) is 29.1. The molecule has 3 aromatic carbocycles. The van der Waals surface area contributed by atoms with Gasteiger partial charge in [0.05, 0.1) is 34.4 Å². The molecule has 4 rings (SSSR count). The van der Waals surface area contributed by atoms with Gasteiger partial charge >= 0.3 is 6.18 Å². The number of nitrogens with zero attached hydrogens (tertiary/aromatic N) is 1. The Bertz CT molecular complexity index is 1590. The lowest BCUT2D eigenvalue weighted by atomic mass is 10.1. The number of benzene rings is 3. The summed E-state index contributed by atoms with van der Waals surface area (Å²) in [5, 5.41) is 2.04. The number of halogens is 4. The molecule has 214 valence electrons. The molecule has 1 aliphatic rings. The highest BCUT2D eigenvalue weighted by Crippen LogP contribution is 2.36. The van der Waals surface area contributed by atoms with Crippen LogP contribution in [-0.2, 0) is 36.7 Å². The van der Waals surface area contributed by atoms with Crippen molar-refractivity contribution < 1.29 is 39.5 Å². The van der Waals surface area contributed by atoms with Gasteiger partial charge in [0.25, 0.3) is 15.9 Å². The van der Waals surface area contributed by atoms with Gasteiger partial charge in [0, 0.05) is 30.0 Å². The highest BCUT2D eigenvalue weighted by molar-refractivity contribution is 7.92. The quantitative estimate of drug-likeness (QED) is 0.382. The molecule has 1 aliphatic heterocycles. The van der Waals surface area contributed by atoms with Crippen LogP contribution in [0.15, 0.2) is 71.6 Å². The number of amides is 1. The number of sulfonamides is 2. The Kier molecular flexibility index (Phi) is 8.75. The molecule has 0 aliphatic carbocycles. The van der Waals surface area contributed by atoms with E-state index in [2.05, 4.69) is 10.0 Å². The number of hydrogen-bond acceptors (Lipinski definition) is 6. The van der Waals surface area contributed by atoms with Crippen molar-refractivity contribution in [1.82, 2.24) is 4.31 Å². The van der Waals surface area contributed by atoms with Crippen molar-refractivity contribution in [1.29, 1.82) is 0 Å². The summed E-state index contributed by atoms with van der Waals surface area (Å²) in [6, 6.07) is 13.7. The molecule has 0 bridgehead atoms. The Hall–Kier alpha value is -3.17. The average molecular weight is 618 g/mol. The fraction of sp³-hybridized carbons (Fsp3) is 0.240. The summed E-state index contributed by atoms with van der Waals surface area (Å²) in [6.07, 6.45) is -4.76. The van der Waals surface area contributed by atoms with E-state index in [1.165, 1.54) is 52.8 Å². The van der Waals surface area contributed by atoms with Crippen molar-refractivity contribution in [2.45, 2.75) is 16.8 Å². The first-order chi connectivity index (χ1) is 18.7. The van der Waals surface area contributed by atoms with Gasteiger partial charge in [-0.05, 0) is 60.2 Å². The second-order valence-electron chi connectivity index (χ2n) is 8.74. The number of hydrogen-bond donors (Lipinski definition) is 2. The Morgan fingerprint density at radius 2 is 1.50 bits per heavy atom. The largest absolute Gasteiger partial charge is 0.417 e. The molecule has 1 amide bonds. The second kappa shape index (κ2) is 11.7. The molecule has 3 aromatic rings. The predicted molar refractivity (Wildman–Crippen MR) is 143 cm³/mol. The van der Waals surface area contributed by atoms with Gasteiger partial charge in [-0.1, -0.05) is 23.7 Å². The average Bonchev–Trinajstić information content (AvgIpc) is 2.90. The van der Waals surface area contributed by atoms with E-state index in [1.807, 2.05) is 0 Å². The third kappa shape index (κ3) is 7.31. The molecular formula is C25H23ClF3N3O6S2. The highest BCUT2D eigenvalue weighted by Gasteiger charge is 2.33. The number of anilines is 2. The van der Waals surface area contributed by atoms with Crippen LogP contribution >= 0.6 is 11.6 Å². The van der Waals surface area contributed by atoms with Gasteiger partial charge in [-0.3, -0.25) is 9.52 Å². The maximum Gasteiger partial charge on any atom is 0.417 e. The third-order valence-electron chi connectivity index (χ3n) is 5.88. The fourth-order valence-corrected chi connectivity index (χ4v) is 6.60. The molecule has 0 saturated carbocycles. The molecular weight excluding hydrogens is 595 g/mol. The topological polar surface area (TPSA) is 122 Å². The zero-order valence-corrected chi connectivity index (χ0v) is 23.0. The summed E-state index contributed by atoms with van der Waals surface area (Å²) in [4.78, 5) is 12.4. The van der Waals surface area contributed by atoms with Gasteiger partial charge in [-0.15, -0.1) is 0 Å². The lowest BCUT2D eigenvalue weighted by Crippen LogP contribution is -2.41. The van der Waals surface area contributed by atoms with Gasteiger partial charge in [-0.2, -0.15) is 17.5 Å². The lowest BCUT2D eigenvalue weighted by Gasteiger charge is -2.26. The first-order valence-electron chi connectivity index (χ1n) is 11.7. The summed E-state index contributed by atoms with van der Waals surface area (Å²) in [7, 11) is -7.77. The minimum Gasteiger partial charge on any atom is -0.379 e. The number of morpholine rings is 1. The van der Waals surface area contributed by atoms with Crippen molar-refractivity contribution in [2.24, 2.45) is 0 Å². The van der Waals surface area contributed by atoms with Crippen LogP contribution in [0, 0.1) is 0 Å². The summed E-state index contributed by atoms with van der Waals surface area (Å²) in [5.74, 6) is -0.732. The molecule has 0 unspecified atom stereocenters. The summed E-state index contributed by atoms with van der Waals surface area (Å²) in [5.41, 5.74) is -0.495. The Balaban J connectivity index is 1.39. The molecule has 9 nitrogen and oxygen atoms in total. The van der Waals surface area contributed by atoms with E-state index in [9.17, 15) is 34.8 Å². The van der Waals surface area contributed by atoms with E-state index in [0.717, 1.165) is 12.1 Å². The van der Waals surface area contributed by atoms with Crippen LogP contribution in [0.5, 0.6) is 0 Å². The normalized spacial score (nSPS) is 15.0. The van der Waals surface area contributed by atoms with Crippen molar-refractivity contribution >= 4 is 48.9 Å². The standard InChI is InChI=1S/C25H23ClF3N3O6S2/c26-23-10-7-20(15-22(23)25(27,28)29)31-40(36,37)21-8-5-19(6-9-21)30-24(33)18-3-1-17(2-4-18)16-39(34,35)32-11-13-38-14-12-32/h1-10,15,31H,11-14,16H2,(H,30,33). The van der Waals surface area contributed by atoms with Crippen molar-refractivity contribution in [3.05, 3.63) is 88.4 Å². The Morgan fingerprint density at radius 1 is 0.900 bits per heavy atom. The second-order valence-corrected chi connectivity index (χ2v) is 12.8. The molecule has 40 heavy (non-hydrogen) atoms. The molecule has 1 saturated heterocycles. The van der Waals surface area contributed by atoms with E-state index in [-0.39, 0.29) is 27.6 Å². The Labute approximate surface area is 234 Å². The monoisotopic (exact) mass is 617 g/mol. The number of alkyl halides is 3. The molecule has 0 atom stereocenters. The van der Waals surface area contributed by atoms with Crippen molar-refractivity contribution in [2.75, 3.05) is 36.3 Å². The van der Waals surface area contributed by atoms with E-state index >= 15 is 0 Å². The molecule has 2 N–H and O–H groups in total. The van der Waals surface area contributed by atoms with Crippen LogP contribution in [0.1, 0.15) is 21.5 Å². The molecule has 0 spiro atoms. The fourth-order valence-electron chi connectivity index (χ4n) is 3.82. The van der Waals surface area contributed by atoms with Crippen LogP contribution < -0.4 is 10.0 Å². The predicted octanol–water partition coefficient (Wildman–Crippen LogP) is 4.57. The van der Waals surface area contributed by atoms with Crippen LogP contribution in [-0.4, -0.2) is 53.4 Å². The summed E-state index contributed by atoms with van der Waals surface area (Å²) >= 11 is 5.57. The van der Waals surface area contributed by atoms with E-state index in [0.29, 0.717) is 37.9 Å². The van der Waals surface area contributed by atoms with E-state index in [1.54, 1.807) is 0 Å². The van der Waals surface area contributed by atoms with E-state index < -0.39 is 42.7 Å². The van der Waals surface area contributed by atoms with Crippen molar-refractivity contribution in [3.63, 3.8) is 0 Å². The number of carbonyl (C=O) groups excluding carboxylic acids is 1. The van der Waals surface area contributed by atoms with Crippen molar-refractivity contribution in [3.8, 4) is 0 Å². The van der Waals surface area contributed by atoms with E-state index in [4.69, 9.17) is 16.3 Å². The summed E-state index contributed by atoms with van der Waals surface area (Å²) in [6.45, 7) is 1.26. The molecule has 0 radical (unpaired) electrons. The lowest BCUT2D eigenvalue weighted by molar-refractivity contribution is -0.137. The number of ether oxygens (including phenoxy) is 1. The number of rotatable bonds is 8. The van der Waals surface area contributed by atoms with Crippen LogP contribution in [0.3, 0.4) is 0 Å². The number of nitrogens with one attached hydrogen (secondary N) is 2. The van der Waals surface area contributed by atoms with Crippen LogP contribution in [0.4, 0.5) is 24.5 Å². The zero-order valence-electron chi connectivity index (χ0n) is 20.6. The van der Waals surface area contributed by atoms with Gasteiger partial charge in [-0.25, -0.2) is 16.8 Å². The van der Waals surface area contributed by atoms with Gasteiger partial charge in [0.2, 0.25) is 10.0 Å². The SMILES string of the molecule is O=C(Nc1ccc(S(=O)(=O)Nc2ccc(Cl)c(C(F)(F)F)c2)cc1)c1ccc(CS(=O)(=O)N2CCOCC2)cc1. The molecule has 0 aromatic heterocycles. The highest BCUT2D eigenvalue weighted by atomic mass is 35.5. The maximum atomic E-state index is 13.1. The molecule has 15 heteroatoms. The smallest absolute Gasteiger partial charge is 0.379 e. The first-order valence-corrected chi connectivity index (χ1v) is 15.2. The number of carbonyl (C=O) groups is 1. The maximum absolute atomic E-state index is 13.1. The molecule has 1 heterocycles. The van der Waals surface area contributed by atoms with Crippen LogP contribution in [0.2, 0.25) is 5.02 Å². The molecule has 1 fully saturated rings.